The van der Waals surface area contributed by atoms with Crippen molar-refractivity contribution >= 4 is 5.91 Å². The molecule has 0 aliphatic rings. The van der Waals surface area contributed by atoms with E-state index in [1.807, 2.05) is 37.3 Å². The Hall–Kier alpha value is -3.09. The van der Waals surface area contributed by atoms with Gasteiger partial charge in [0.15, 0.2) is 11.5 Å². The van der Waals surface area contributed by atoms with Gasteiger partial charge in [-0.15, -0.1) is 0 Å². The minimum atomic E-state index is -0.298. The summed E-state index contributed by atoms with van der Waals surface area (Å²) in [6, 6.07) is 10.8. The number of aromatic nitrogens is 2. The Morgan fingerprint density at radius 2 is 2.08 bits per heavy atom. The van der Waals surface area contributed by atoms with Gasteiger partial charge in [-0.05, 0) is 19.1 Å². The molecule has 0 unspecified atom stereocenters. The van der Waals surface area contributed by atoms with Crippen LogP contribution in [0.1, 0.15) is 21.9 Å². The highest BCUT2D eigenvalue weighted by atomic mass is 16.5. The minimum Gasteiger partial charge on any atom is -0.497 e. The third kappa shape index (κ3) is 3.62. The van der Waals surface area contributed by atoms with E-state index in [9.17, 15) is 4.79 Å². The topological polar surface area (TPSA) is 90.4 Å². The first kappa shape index (κ1) is 15.8. The molecule has 2 heterocycles. The molecule has 124 valence electrons. The van der Waals surface area contributed by atoms with Crippen LogP contribution in [0.5, 0.6) is 5.75 Å². The van der Waals surface area contributed by atoms with Crippen molar-refractivity contribution in [1.29, 1.82) is 0 Å². The average Bonchev–Trinajstić information content (AvgIpc) is 3.24. The standard InChI is InChI=1S/C17H17N3O4/c1-11-8-13(19-23-11)6-7-18-17(21)15-10-16(24-20-15)12-4-3-5-14(9-12)22-2/h3-5,8-10H,6-7H2,1-2H3,(H,18,21). The van der Waals surface area contributed by atoms with Crippen LogP contribution in [0.4, 0.5) is 0 Å². The number of amides is 1. The molecule has 0 bridgehead atoms. The van der Waals surface area contributed by atoms with Crippen LogP contribution in [0, 0.1) is 6.92 Å². The van der Waals surface area contributed by atoms with E-state index < -0.39 is 0 Å². The van der Waals surface area contributed by atoms with E-state index in [1.54, 1.807) is 13.2 Å². The molecule has 0 saturated carbocycles. The SMILES string of the molecule is COc1cccc(-c2cc(C(=O)NCCc3cc(C)on3)no2)c1. The van der Waals surface area contributed by atoms with Crippen LogP contribution >= 0.6 is 0 Å². The number of hydrogen-bond donors (Lipinski definition) is 1. The lowest BCUT2D eigenvalue weighted by atomic mass is 10.1. The quantitative estimate of drug-likeness (QED) is 0.748. The molecular formula is C17H17N3O4. The molecule has 0 fully saturated rings. The first-order valence-electron chi connectivity index (χ1n) is 7.47. The van der Waals surface area contributed by atoms with Crippen molar-refractivity contribution in [3.8, 4) is 17.1 Å². The largest absolute Gasteiger partial charge is 0.497 e. The van der Waals surface area contributed by atoms with E-state index in [1.165, 1.54) is 0 Å². The van der Waals surface area contributed by atoms with E-state index in [4.69, 9.17) is 13.8 Å². The number of ether oxygens (including phenoxy) is 1. The maximum atomic E-state index is 12.1. The van der Waals surface area contributed by atoms with E-state index in [0.717, 1.165) is 17.0 Å². The molecule has 7 nitrogen and oxygen atoms in total. The summed E-state index contributed by atoms with van der Waals surface area (Å²) in [6.45, 7) is 2.26. The molecule has 7 heteroatoms. The summed E-state index contributed by atoms with van der Waals surface area (Å²) in [4.78, 5) is 12.1. The highest BCUT2D eigenvalue weighted by molar-refractivity contribution is 5.93. The fourth-order valence-corrected chi connectivity index (χ4v) is 2.23. The van der Waals surface area contributed by atoms with Gasteiger partial charge in [0.25, 0.3) is 5.91 Å². The number of nitrogens with one attached hydrogen (secondary N) is 1. The normalized spacial score (nSPS) is 10.6. The number of benzene rings is 1. The summed E-state index contributed by atoms with van der Waals surface area (Å²) >= 11 is 0. The smallest absolute Gasteiger partial charge is 0.273 e. The summed E-state index contributed by atoms with van der Waals surface area (Å²) in [7, 11) is 1.59. The molecule has 2 aromatic heterocycles. The van der Waals surface area contributed by atoms with Crippen molar-refractivity contribution in [2.45, 2.75) is 13.3 Å². The Bertz CT molecular complexity index is 838. The Balaban J connectivity index is 1.60. The average molecular weight is 327 g/mol. The highest BCUT2D eigenvalue weighted by Gasteiger charge is 2.14. The Kier molecular flexibility index (Phi) is 4.60. The van der Waals surface area contributed by atoms with Crippen molar-refractivity contribution in [3.05, 3.63) is 53.5 Å². The molecule has 0 aliphatic heterocycles. The van der Waals surface area contributed by atoms with Crippen LogP contribution in [-0.2, 0) is 6.42 Å². The molecule has 24 heavy (non-hydrogen) atoms. The zero-order valence-electron chi connectivity index (χ0n) is 13.4. The van der Waals surface area contributed by atoms with Crippen molar-refractivity contribution < 1.29 is 18.6 Å². The number of carbonyl (C=O) groups is 1. The van der Waals surface area contributed by atoms with Gasteiger partial charge < -0.3 is 19.1 Å². The monoisotopic (exact) mass is 327 g/mol. The van der Waals surface area contributed by atoms with E-state index in [2.05, 4.69) is 15.6 Å². The minimum absolute atomic E-state index is 0.226. The van der Waals surface area contributed by atoms with Gasteiger partial charge >= 0.3 is 0 Å². The van der Waals surface area contributed by atoms with Gasteiger partial charge in [-0.2, -0.15) is 0 Å². The molecule has 1 amide bonds. The van der Waals surface area contributed by atoms with Crippen LogP contribution in [0.15, 0.2) is 45.4 Å². The van der Waals surface area contributed by atoms with Gasteiger partial charge in [0.1, 0.15) is 11.5 Å². The van der Waals surface area contributed by atoms with Crippen LogP contribution in [0.3, 0.4) is 0 Å². The van der Waals surface area contributed by atoms with Crippen LogP contribution in [0.25, 0.3) is 11.3 Å². The van der Waals surface area contributed by atoms with Crippen LogP contribution in [-0.4, -0.2) is 29.9 Å². The lowest BCUT2D eigenvalue weighted by Crippen LogP contribution is -2.25. The number of nitrogens with zero attached hydrogens (tertiary/aromatic N) is 2. The molecule has 0 aliphatic carbocycles. The second-order valence-electron chi connectivity index (χ2n) is 5.24. The summed E-state index contributed by atoms with van der Waals surface area (Å²) in [6.07, 6.45) is 0.587. The molecule has 0 radical (unpaired) electrons. The van der Waals surface area contributed by atoms with Crippen molar-refractivity contribution in [1.82, 2.24) is 15.6 Å². The first-order valence-corrected chi connectivity index (χ1v) is 7.47. The summed E-state index contributed by atoms with van der Waals surface area (Å²) in [5.74, 6) is 1.66. The van der Waals surface area contributed by atoms with Gasteiger partial charge in [-0.1, -0.05) is 22.4 Å². The van der Waals surface area contributed by atoms with Crippen molar-refractivity contribution in [3.63, 3.8) is 0 Å². The Morgan fingerprint density at radius 3 is 2.83 bits per heavy atom. The maximum absolute atomic E-state index is 12.1. The molecule has 0 spiro atoms. The summed E-state index contributed by atoms with van der Waals surface area (Å²) < 4.78 is 15.4. The molecule has 0 saturated heterocycles. The molecule has 1 aromatic carbocycles. The zero-order chi connectivity index (χ0) is 16.9. The fourth-order valence-electron chi connectivity index (χ4n) is 2.23. The fraction of sp³-hybridized carbons (Fsp3) is 0.235. The lowest BCUT2D eigenvalue weighted by Gasteiger charge is -2.00. The number of carbonyl (C=O) groups excluding carboxylic acids is 1. The molecule has 3 rings (SSSR count). The molecule has 0 atom stereocenters. The second-order valence-corrected chi connectivity index (χ2v) is 5.24. The lowest BCUT2D eigenvalue weighted by molar-refractivity contribution is 0.0945. The van der Waals surface area contributed by atoms with Gasteiger partial charge in [-0.3, -0.25) is 4.79 Å². The number of aryl methyl sites for hydroxylation is 1. The number of rotatable bonds is 6. The van der Waals surface area contributed by atoms with Gasteiger partial charge in [0, 0.05) is 30.7 Å². The number of methoxy groups -OCH3 is 1. The maximum Gasteiger partial charge on any atom is 0.273 e. The molecule has 3 aromatic rings. The molecule has 1 N–H and O–H groups in total. The van der Waals surface area contributed by atoms with E-state index >= 15 is 0 Å². The van der Waals surface area contributed by atoms with Gasteiger partial charge in [-0.25, -0.2) is 0 Å². The highest BCUT2D eigenvalue weighted by Crippen LogP contribution is 2.24. The Labute approximate surface area is 138 Å². The van der Waals surface area contributed by atoms with Gasteiger partial charge in [0.05, 0.1) is 12.8 Å². The summed E-state index contributed by atoms with van der Waals surface area (Å²) in [5, 5.41) is 10.5. The summed E-state index contributed by atoms with van der Waals surface area (Å²) in [5.41, 5.74) is 1.81. The molecular weight excluding hydrogens is 310 g/mol. The third-order valence-corrected chi connectivity index (χ3v) is 3.44. The second kappa shape index (κ2) is 6.99. The first-order chi connectivity index (χ1) is 11.7. The third-order valence-electron chi connectivity index (χ3n) is 3.44. The van der Waals surface area contributed by atoms with Crippen molar-refractivity contribution in [2.24, 2.45) is 0 Å². The van der Waals surface area contributed by atoms with Crippen LogP contribution in [0.2, 0.25) is 0 Å². The predicted octanol–water partition coefficient (Wildman–Crippen LogP) is 2.62. The van der Waals surface area contributed by atoms with Crippen molar-refractivity contribution in [2.75, 3.05) is 13.7 Å². The Morgan fingerprint density at radius 1 is 1.21 bits per heavy atom. The van der Waals surface area contributed by atoms with E-state index in [-0.39, 0.29) is 11.6 Å². The predicted molar refractivity (Wildman–Crippen MR) is 85.8 cm³/mol. The van der Waals surface area contributed by atoms with Gasteiger partial charge in [0.2, 0.25) is 0 Å². The van der Waals surface area contributed by atoms with E-state index in [0.29, 0.717) is 24.5 Å². The number of hydrogen-bond acceptors (Lipinski definition) is 6. The zero-order valence-corrected chi connectivity index (χ0v) is 13.4. The van der Waals surface area contributed by atoms with Crippen LogP contribution < -0.4 is 10.1 Å².